The Bertz CT molecular complexity index is 532. The van der Waals surface area contributed by atoms with Gasteiger partial charge in [0.25, 0.3) is 0 Å². The number of benzene rings is 1. The summed E-state index contributed by atoms with van der Waals surface area (Å²) in [5.74, 6) is -1.19. The van der Waals surface area contributed by atoms with Gasteiger partial charge >= 0.3 is 6.09 Å². The van der Waals surface area contributed by atoms with Crippen molar-refractivity contribution in [2.75, 3.05) is 20.3 Å². The molecule has 0 aliphatic rings. The Morgan fingerprint density at radius 2 is 1.86 bits per heavy atom. The molecule has 1 aromatic rings. The van der Waals surface area contributed by atoms with Crippen LogP contribution in [0.2, 0.25) is 0 Å². The summed E-state index contributed by atoms with van der Waals surface area (Å²) >= 11 is 3.01. The molecule has 0 bridgehead atoms. The second-order valence-electron chi connectivity index (χ2n) is 5.72. The number of amides is 1. The average Bonchev–Trinajstić information content (AvgIpc) is 2.40. The molecule has 0 radical (unpaired) electrons. The molecule has 0 N–H and O–H groups in total. The van der Waals surface area contributed by atoms with E-state index in [2.05, 4.69) is 15.9 Å². The lowest BCUT2D eigenvalue weighted by atomic mass is 10.2. The Balaban J connectivity index is 2.99. The van der Waals surface area contributed by atoms with Gasteiger partial charge in [0.2, 0.25) is 0 Å². The van der Waals surface area contributed by atoms with Crippen LogP contribution in [0.1, 0.15) is 26.3 Å². The molecule has 4 nitrogen and oxygen atoms in total. The lowest BCUT2D eigenvalue weighted by Crippen LogP contribution is -2.38. The van der Waals surface area contributed by atoms with Crippen molar-refractivity contribution in [3.05, 3.63) is 33.8 Å². The van der Waals surface area contributed by atoms with Crippen LogP contribution in [0.15, 0.2) is 16.6 Å². The van der Waals surface area contributed by atoms with Crippen molar-refractivity contribution in [3.63, 3.8) is 0 Å². The van der Waals surface area contributed by atoms with Gasteiger partial charge in [-0.3, -0.25) is 0 Å². The highest BCUT2D eigenvalue weighted by Gasteiger charge is 2.24. The minimum absolute atomic E-state index is 0.00141. The van der Waals surface area contributed by atoms with Gasteiger partial charge in [0, 0.05) is 19.2 Å². The number of ether oxygens (including phenoxy) is 2. The van der Waals surface area contributed by atoms with Gasteiger partial charge in [-0.15, -0.1) is 0 Å². The van der Waals surface area contributed by atoms with Crippen LogP contribution < -0.4 is 0 Å². The van der Waals surface area contributed by atoms with E-state index in [-0.39, 0.29) is 29.7 Å². The second-order valence-corrected chi connectivity index (χ2v) is 6.51. The van der Waals surface area contributed by atoms with Crippen LogP contribution in [0.4, 0.5) is 13.6 Å². The number of methoxy groups -OCH3 is 1. The van der Waals surface area contributed by atoms with E-state index < -0.39 is 23.3 Å². The van der Waals surface area contributed by atoms with Crippen molar-refractivity contribution in [2.45, 2.75) is 32.9 Å². The maximum atomic E-state index is 13.9. The van der Waals surface area contributed by atoms with Gasteiger partial charge in [0.15, 0.2) is 0 Å². The van der Waals surface area contributed by atoms with E-state index >= 15 is 0 Å². The third-order valence-corrected chi connectivity index (χ3v) is 3.56. The quantitative estimate of drug-likeness (QED) is 0.722. The van der Waals surface area contributed by atoms with Gasteiger partial charge in [-0.1, -0.05) is 0 Å². The zero-order valence-electron chi connectivity index (χ0n) is 13.1. The minimum atomic E-state index is -0.680. The molecule has 1 aromatic carbocycles. The number of carbonyl (C=O) groups excluding carboxylic acids is 1. The summed E-state index contributed by atoms with van der Waals surface area (Å²) in [6.07, 6.45) is -0.611. The van der Waals surface area contributed by atoms with E-state index in [1.165, 1.54) is 12.0 Å². The van der Waals surface area contributed by atoms with Crippen LogP contribution in [0.3, 0.4) is 0 Å². The molecular weight excluding hydrogens is 360 g/mol. The monoisotopic (exact) mass is 379 g/mol. The van der Waals surface area contributed by atoms with Gasteiger partial charge in [0.05, 0.1) is 17.6 Å². The normalized spacial score (nSPS) is 11.4. The Morgan fingerprint density at radius 3 is 2.41 bits per heavy atom. The van der Waals surface area contributed by atoms with Crippen LogP contribution in [0.25, 0.3) is 0 Å². The van der Waals surface area contributed by atoms with Crippen molar-refractivity contribution in [1.29, 1.82) is 0 Å². The topological polar surface area (TPSA) is 38.8 Å². The Labute approximate surface area is 137 Å². The first-order valence-electron chi connectivity index (χ1n) is 6.75. The number of hydrogen-bond acceptors (Lipinski definition) is 3. The molecule has 0 heterocycles. The Morgan fingerprint density at radius 1 is 1.27 bits per heavy atom. The van der Waals surface area contributed by atoms with Gasteiger partial charge in [-0.05, 0) is 48.8 Å². The van der Waals surface area contributed by atoms with E-state index in [1.807, 2.05) is 0 Å². The van der Waals surface area contributed by atoms with Crippen molar-refractivity contribution in [2.24, 2.45) is 0 Å². The highest BCUT2D eigenvalue weighted by Crippen LogP contribution is 2.25. The molecular formula is C15H20BrF2NO3. The number of halogens is 3. The molecule has 0 saturated carbocycles. The third kappa shape index (κ3) is 5.53. The van der Waals surface area contributed by atoms with Crippen LogP contribution in [-0.4, -0.2) is 36.9 Å². The van der Waals surface area contributed by atoms with E-state index in [9.17, 15) is 13.6 Å². The zero-order valence-corrected chi connectivity index (χ0v) is 14.7. The lowest BCUT2D eigenvalue weighted by molar-refractivity contribution is 0.0181. The third-order valence-electron chi connectivity index (χ3n) is 2.70. The number of rotatable bonds is 5. The number of hydrogen-bond donors (Lipinski definition) is 0. The first-order chi connectivity index (χ1) is 10.2. The second kappa shape index (κ2) is 7.87. The lowest BCUT2D eigenvalue weighted by Gasteiger charge is -2.27. The standard InChI is InChI=1S/C15H20BrF2NO3/c1-15(2,3)22-14(20)19(7-8-21-4)9-10-11(17)5-6-12(18)13(10)16/h5-6H,7-9H2,1-4H3. The molecule has 124 valence electrons. The number of carbonyl (C=O) groups is 1. The van der Waals surface area contributed by atoms with Gasteiger partial charge in [-0.25, -0.2) is 13.6 Å². The summed E-state index contributed by atoms with van der Waals surface area (Å²) in [7, 11) is 1.49. The highest BCUT2D eigenvalue weighted by atomic mass is 79.9. The van der Waals surface area contributed by atoms with Crippen molar-refractivity contribution in [3.8, 4) is 0 Å². The van der Waals surface area contributed by atoms with Crippen molar-refractivity contribution < 1.29 is 23.0 Å². The average molecular weight is 380 g/mol. The highest BCUT2D eigenvalue weighted by molar-refractivity contribution is 9.10. The summed E-state index contributed by atoms with van der Waals surface area (Å²) in [6, 6.07) is 2.05. The number of nitrogens with zero attached hydrogens (tertiary/aromatic N) is 1. The van der Waals surface area contributed by atoms with Gasteiger partial charge < -0.3 is 14.4 Å². The maximum absolute atomic E-state index is 13.9. The van der Waals surface area contributed by atoms with E-state index in [0.717, 1.165) is 12.1 Å². The summed E-state index contributed by atoms with van der Waals surface area (Å²) in [6.45, 7) is 5.54. The molecule has 0 aliphatic carbocycles. The van der Waals surface area contributed by atoms with Crippen LogP contribution in [-0.2, 0) is 16.0 Å². The first kappa shape index (κ1) is 18.8. The Hall–Kier alpha value is -1.21. The maximum Gasteiger partial charge on any atom is 0.410 e. The zero-order chi connectivity index (χ0) is 16.9. The molecule has 0 spiro atoms. The summed E-state index contributed by atoms with van der Waals surface area (Å²) in [5.41, 5.74) is -0.623. The predicted octanol–water partition coefficient (Wildman–Crippen LogP) is 4.11. The summed E-state index contributed by atoms with van der Waals surface area (Å²) in [5, 5.41) is 0. The van der Waals surface area contributed by atoms with Gasteiger partial charge in [-0.2, -0.15) is 0 Å². The molecule has 22 heavy (non-hydrogen) atoms. The van der Waals surface area contributed by atoms with Gasteiger partial charge in [0.1, 0.15) is 17.2 Å². The summed E-state index contributed by atoms with van der Waals surface area (Å²) in [4.78, 5) is 13.5. The van der Waals surface area contributed by atoms with E-state index in [0.29, 0.717) is 0 Å². The Kier molecular flexibility index (Phi) is 6.74. The molecule has 1 rings (SSSR count). The van der Waals surface area contributed by atoms with Crippen LogP contribution >= 0.6 is 15.9 Å². The molecule has 0 unspecified atom stereocenters. The predicted molar refractivity (Wildman–Crippen MR) is 82.6 cm³/mol. The largest absolute Gasteiger partial charge is 0.444 e. The first-order valence-corrected chi connectivity index (χ1v) is 7.54. The van der Waals surface area contributed by atoms with Crippen molar-refractivity contribution in [1.82, 2.24) is 4.90 Å². The fourth-order valence-electron chi connectivity index (χ4n) is 1.67. The van der Waals surface area contributed by atoms with Crippen LogP contribution in [0.5, 0.6) is 0 Å². The SMILES string of the molecule is COCCN(Cc1c(F)ccc(F)c1Br)C(=O)OC(C)(C)C. The molecule has 0 aliphatic heterocycles. The molecule has 1 amide bonds. The van der Waals surface area contributed by atoms with E-state index in [1.54, 1.807) is 20.8 Å². The summed E-state index contributed by atoms with van der Waals surface area (Å²) < 4.78 is 37.7. The fourth-order valence-corrected chi connectivity index (χ4v) is 2.11. The molecule has 0 aromatic heterocycles. The van der Waals surface area contributed by atoms with Crippen molar-refractivity contribution >= 4 is 22.0 Å². The molecule has 0 fully saturated rings. The fraction of sp³-hybridized carbons (Fsp3) is 0.533. The van der Waals surface area contributed by atoms with E-state index in [4.69, 9.17) is 9.47 Å². The molecule has 0 saturated heterocycles. The van der Waals surface area contributed by atoms with Crippen LogP contribution in [0, 0.1) is 11.6 Å². The molecule has 7 heteroatoms. The minimum Gasteiger partial charge on any atom is -0.444 e. The molecule has 0 atom stereocenters. The smallest absolute Gasteiger partial charge is 0.410 e.